The molecule has 154 valence electrons. The zero-order valence-corrected chi connectivity index (χ0v) is 16.9. The van der Waals surface area contributed by atoms with Crippen molar-refractivity contribution in [3.63, 3.8) is 0 Å². The van der Waals surface area contributed by atoms with Crippen molar-refractivity contribution >= 4 is 17.5 Å². The molecule has 6 heteroatoms. The molecule has 2 N–H and O–H groups in total. The van der Waals surface area contributed by atoms with Gasteiger partial charge in [0.25, 0.3) is 11.8 Å². The number of hydrogen-bond donors (Lipinski definition) is 2. The van der Waals surface area contributed by atoms with Crippen molar-refractivity contribution in [3.05, 3.63) is 59.7 Å². The summed E-state index contributed by atoms with van der Waals surface area (Å²) in [5.41, 5.74) is 1.40. The molecular formula is C23H28N2O4. The number of ether oxygens (including phenoxy) is 2. The molecule has 0 bridgehead atoms. The highest BCUT2D eigenvalue weighted by Gasteiger charge is 2.18. The van der Waals surface area contributed by atoms with Gasteiger partial charge in [-0.15, -0.1) is 0 Å². The van der Waals surface area contributed by atoms with E-state index >= 15 is 0 Å². The normalized spacial score (nSPS) is 15.9. The van der Waals surface area contributed by atoms with Gasteiger partial charge in [-0.25, -0.2) is 0 Å². The van der Waals surface area contributed by atoms with Crippen LogP contribution in [0.5, 0.6) is 5.75 Å². The van der Waals surface area contributed by atoms with Crippen LogP contribution in [0.1, 0.15) is 47.4 Å². The maximum Gasteiger partial charge on any atom is 0.255 e. The molecular weight excluding hydrogens is 368 g/mol. The van der Waals surface area contributed by atoms with E-state index in [0.717, 1.165) is 25.2 Å². The summed E-state index contributed by atoms with van der Waals surface area (Å²) in [4.78, 5) is 25.2. The van der Waals surface area contributed by atoms with Crippen LogP contribution in [0, 0.1) is 5.92 Å². The van der Waals surface area contributed by atoms with Crippen molar-refractivity contribution in [3.8, 4) is 5.75 Å². The minimum atomic E-state index is -0.278. The lowest BCUT2D eigenvalue weighted by atomic mass is 10.1. The van der Waals surface area contributed by atoms with Crippen LogP contribution in [0.15, 0.2) is 48.5 Å². The van der Waals surface area contributed by atoms with Gasteiger partial charge in [0.05, 0.1) is 24.0 Å². The summed E-state index contributed by atoms with van der Waals surface area (Å²) in [6, 6.07) is 14.0. The highest BCUT2D eigenvalue weighted by atomic mass is 16.5. The summed E-state index contributed by atoms with van der Waals surface area (Å²) in [6.45, 7) is 6.00. The van der Waals surface area contributed by atoms with Crippen LogP contribution < -0.4 is 15.4 Å². The first-order chi connectivity index (χ1) is 14.0. The summed E-state index contributed by atoms with van der Waals surface area (Å²) in [6.07, 6.45) is 2.04. The van der Waals surface area contributed by atoms with Crippen LogP contribution in [0.4, 0.5) is 5.69 Å². The fourth-order valence-electron chi connectivity index (χ4n) is 3.06. The molecule has 2 aromatic carbocycles. The van der Waals surface area contributed by atoms with Crippen LogP contribution in [0.2, 0.25) is 0 Å². The molecule has 6 nitrogen and oxygen atoms in total. The largest absolute Gasteiger partial charge is 0.493 e. The quantitative estimate of drug-likeness (QED) is 0.710. The molecule has 1 aliphatic heterocycles. The van der Waals surface area contributed by atoms with Crippen molar-refractivity contribution in [2.24, 2.45) is 5.92 Å². The number of nitrogens with one attached hydrogen (secondary N) is 2. The van der Waals surface area contributed by atoms with Crippen molar-refractivity contribution < 1.29 is 19.1 Å². The van der Waals surface area contributed by atoms with Crippen LogP contribution >= 0.6 is 0 Å². The lowest BCUT2D eigenvalue weighted by Crippen LogP contribution is -2.32. The van der Waals surface area contributed by atoms with E-state index in [-0.39, 0.29) is 17.9 Å². The molecule has 0 aliphatic carbocycles. The first-order valence-electron chi connectivity index (χ1n) is 10.1. The van der Waals surface area contributed by atoms with Gasteiger partial charge in [0.2, 0.25) is 0 Å². The van der Waals surface area contributed by atoms with Gasteiger partial charge in [-0.3, -0.25) is 9.59 Å². The second-order valence-electron chi connectivity index (χ2n) is 7.57. The molecule has 2 aromatic rings. The summed E-state index contributed by atoms with van der Waals surface area (Å²) in [7, 11) is 0. The zero-order chi connectivity index (χ0) is 20.6. The third-order valence-corrected chi connectivity index (χ3v) is 4.63. The molecule has 0 radical (unpaired) electrons. The lowest BCUT2D eigenvalue weighted by Gasteiger charge is -2.14. The SMILES string of the molecule is CC(C)COc1ccc(C(=O)Nc2ccccc2C(=O)NCC2CCCO2)cc1. The van der Waals surface area contributed by atoms with Gasteiger partial charge in [0.1, 0.15) is 5.75 Å². The molecule has 0 spiro atoms. The standard InChI is InChI=1S/C23H28N2O4/c1-16(2)15-29-18-11-9-17(10-12-18)22(26)25-21-8-4-3-7-20(21)23(27)24-14-19-6-5-13-28-19/h3-4,7-12,16,19H,5-6,13-15H2,1-2H3,(H,24,27)(H,25,26). The van der Waals surface area contributed by atoms with Crippen LogP contribution in [-0.2, 0) is 4.74 Å². The predicted molar refractivity (Wildman–Crippen MR) is 112 cm³/mol. The number of benzene rings is 2. The Bertz CT molecular complexity index is 827. The van der Waals surface area contributed by atoms with E-state index in [1.807, 2.05) is 0 Å². The minimum absolute atomic E-state index is 0.0668. The maximum absolute atomic E-state index is 12.6. The Labute approximate surface area is 171 Å². The van der Waals surface area contributed by atoms with Crippen LogP contribution in [0.3, 0.4) is 0 Å². The summed E-state index contributed by atoms with van der Waals surface area (Å²) < 4.78 is 11.2. The van der Waals surface area contributed by atoms with Crippen molar-refractivity contribution in [1.82, 2.24) is 5.32 Å². The molecule has 1 unspecified atom stereocenters. The Balaban J connectivity index is 1.62. The Morgan fingerprint density at radius 2 is 1.86 bits per heavy atom. The third kappa shape index (κ3) is 6.06. The Morgan fingerprint density at radius 3 is 2.55 bits per heavy atom. The van der Waals surface area contributed by atoms with E-state index in [1.165, 1.54) is 0 Å². The topological polar surface area (TPSA) is 76.7 Å². The van der Waals surface area contributed by atoms with Gasteiger partial charge >= 0.3 is 0 Å². The minimum Gasteiger partial charge on any atom is -0.493 e. The van der Waals surface area contributed by atoms with Gasteiger partial charge in [-0.05, 0) is 55.2 Å². The van der Waals surface area contributed by atoms with Crippen molar-refractivity contribution in [2.45, 2.75) is 32.8 Å². The van der Waals surface area contributed by atoms with Crippen LogP contribution in [-0.4, -0.2) is 37.7 Å². The zero-order valence-electron chi connectivity index (χ0n) is 16.9. The van der Waals surface area contributed by atoms with E-state index in [9.17, 15) is 9.59 Å². The predicted octanol–water partition coefficient (Wildman–Crippen LogP) is 3.88. The fourth-order valence-corrected chi connectivity index (χ4v) is 3.06. The molecule has 3 rings (SSSR count). The fraction of sp³-hybridized carbons (Fsp3) is 0.391. The Kier molecular flexibility index (Phi) is 7.25. The summed E-state index contributed by atoms with van der Waals surface area (Å²) >= 11 is 0. The molecule has 0 saturated carbocycles. The molecule has 1 heterocycles. The molecule has 1 saturated heterocycles. The number of amides is 2. The number of hydrogen-bond acceptors (Lipinski definition) is 4. The van der Waals surface area contributed by atoms with E-state index in [4.69, 9.17) is 9.47 Å². The van der Waals surface area contributed by atoms with Gasteiger partial charge in [0, 0.05) is 18.7 Å². The highest BCUT2D eigenvalue weighted by Crippen LogP contribution is 2.19. The molecule has 29 heavy (non-hydrogen) atoms. The smallest absolute Gasteiger partial charge is 0.255 e. The molecule has 1 aliphatic rings. The lowest BCUT2D eigenvalue weighted by molar-refractivity contribution is 0.0858. The van der Waals surface area contributed by atoms with Crippen molar-refractivity contribution in [1.29, 1.82) is 0 Å². The van der Waals surface area contributed by atoms with Gasteiger partial charge in [-0.1, -0.05) is 26.0 Å². The molecule has 0 aromatic heterocycles. The van der Waals surface area contributed by atoms with E-state index in [2.05, 4.69) is 24.5 Å². The van der Waals surface area contributed by atoms with Gasteiger partial charge in [0.15, 0.2) is 0 Å². The van der Waals surface area contributed by atoms with Crippen LogP contribution in [0.25, 0.3) is 0 Å². The second-order valence-corrected chi connectivity index (χ2v) is 7.57. The monoisotopic (exact) mass is 396 g/mol. The highest BCUT2D eigenvalue weighted by molar-refractivity contribution is 6.09. The first kappa shape index (κ1) is 20.9. The average Bonchev–Trinajstić information content (AvgIpc) is 3.25. The van der Waals surface area contributed by atoms with E-state index in [0.29, 0.717) is 35.9 Å². The molecule has 2 amide bonds. The second kappa shape index (κ2) is 10.1. The van der Waals surface area contributed by atoms with E-state index < -0.39 is 0 Å². The Hall–Kier alpha value is -2.86. The number of rotatable bonds is 8. The van der Waals surface area contributed by atoms with E-state index in [1.54, 1.807) is 48.5 Å². The number of carbonyl (C=O) groups is 2. The molecule has 1 atom stereocenters. The number of anilines is 1. The third-order valence-electron chi connectivity index (χ3n) is 4.63. The number of para-hydroxylation sites is 1. The Morgan fingerprint density at radius 1 is 1.10 bits per heavy atom. The maximum atomic E-state index is 12.6. The molecule has 1 fully saturated rings. The van der Waals surface area contributed by atoms with Crippen molar-refractivity contribution in [2.75, 3.05) is 25.1 Å². The number of carbonyl (C=O) groups excluding carboxylic acids is 2. The first-order valence-corrected chi connectivity index (χ1v) is 10.1. The summed E-state index contributed by atoms with van der Waals surface area (Å²) in [5.74, 6) is 0.652. The van der Waals surface area contributed by atoms with Gasteiger partial charge < -0.3 is 20.1 Å². The van der Waals surface area contributed by atoms with Gasteiger partial charge in [-0.2, -0.15) is 0 Å². The summed E-state index contributed by atoms with van der Waals surface area (Å²) in [5, 5.41) is 5.73. The average molecular weight is 396 g/mol.